The summed E-state index contributed by atoms with van der Waals surface area (Å²) >= 11 is 0. The molecule has 0 spiro atoms. The molecule has 4 heteroatoms. The zero-order valence-electron chi connectivity index (χ0n) is 16.5. The first-order chi connectivity index (χ1) is 12.9. The quantitative estimate of drug-likeness (QED) is 0.758. The molecule has 1 aliphatic heterocycles. The number of hydrogen-bond acceptors (Lipinski definition) is 3. The average Bonchev–Trinajstić information content (AvgIpc) is 2.61. The van der Waals surface area contributed by atoms with E-state index in [1.165, 1.54) is 12.5 Å². The van der Waals surface area contributed by atoms with E-state index in [1.807, 2.05) is 24.3 Å². The fraction of sp³-hybridized carbons (Fsp3) is 0.435. The molecule has 1 unspecified atom stereocenters. The number of carbonyl (C=O) groups is 1. The minimum absolute atomic E-state index is 0.0559. The van der Waals surface area contributed by atoms with Crippen LogP contribution in [0.4, 0.5) is 11.4 Å². The summed E-state index contributed by atoms with van der Waals surface area (Å²) in [4.78, 5) is 11.3. The summed E-state index contributed by atoms with van der Waals surface area (Å²) in [6, 6.07) is 18.7. The highest BCUT2D eigenvalue weighted by Crippen LogP contribution is 2.43. The molecule has 1 heterocycles. The summed E-state index contributed by atoms with van der Waals surface area (Å²) < 4.78 is 6.00. The number of anilines is 2. The summed E-state index contributed by atoms with van der Waals surface area (Å²) in [5, 5.41) is 6.37. The first kappa shape index (κ1) is 19.4. The summed E-state index contributed by atoms with van der Waals surface area (Å²) in [7, 11) is 0. The van der Waals surface area contributed by atoms with E-state index in [0.717, 1.165) is 43.8 Å². The summed E-state index contributed by atoms with van der Waals surface area (Å²) in [5.41, 5.74) is 3.24. The second-order valence-corrected chi connectivity index (χ2v) is 8.12. The topological polar surface area (TPSA) is 50.4 Å². The van der Waals surface area contributed by atoms with E-state index in [4.69, 9.17) is 4.74 Å². The molecule has 1 atom stereocenters. The van der Waals surface area contributed by atoms with Crippen LogP contribution in [0.25, 0.3) is 0 Å². The van der Waals surface area contributed by atoms with Crippen LogP contribution in [-0.4, -0.2) is 24.7 Å². The van der Waals surface area contributed by atoms with Gasteiger partial charge in [-0.15, -0.1) is 0 Å². The maximum absolute atomic E-state index is 11.3. The van der Waals surface area contributed by atoms with E-state index in [2.05, 4.69) is 54.8 Å². The van der Waals surface area contributed by atoms with Crippen LogP contribution in [0.15, 0.2) is 54.6 Å². The van der Waals surface area contributed by atoms with Crippen molar-refractivity contribution in [3.63, 3.8) is 0 Å². The predicted molar refractivity (Wildman–Crippen MR) is 111 cm³/mol. The molecule has 2 aromatic rings. The minimum atomic E-state index is -0.112. The molecule has 4 nitrogen and oxygen atoms in total. The van der Waals surface area contributed by atoms with Gasteiger partial charge in [0.15, 0.2) is 0 Å². The first-order valence-corrected chi connectivity index (χ1v) is 9.70. The minimum Gasteiger partial charge on any atom is -0.385 e. The third-order valence-corrected chi connectivity index (χ3v) is 5.34. The van der Waals surface area contributed by atoms with E-state index in [0.29, 0.717) is 0 Å². The van der Waals surface area contributed by atoms with Crippen molar-refractivity contribution in [1.29, 1.82) is 0 Å². The molecule has 1 amide bonds. The van der Waals surface area contributed by atoms with Gasteiger partial charge >= 0.3 is 0 Å². The molecule has 2 aromatic carbocycles. The number of amides is 1. The molecule has 1 aliphatic rings. The van der Waals surface area contributed by atoms with Gasteiger partial charge in [0.05, 0.1) is 5.60 Å². The van der Waals surface area contributed by atoms with Gasteiger partial charge in [-0.3, -0.25) is 4.79 Å². The Morgan fingerprint density at radius 3 is 2.52 bits per heavy atom. The molecule has 27 heavy (non-hydrogen) atoms. The number of ether oxygens (including phenoxy) is 1. The summed E-state index contributed by atoms with van der Waals surface area (Å²) in [6.45, 7) is 7.56. The van der Waals surface area contributed by atoms with E-state index in [9.17, 15) is 4.79 Å². The molecule has 0 aliphatic carbocycles. The smallest absolute Gasteiger partial charge is 0.221 e. The van der Waals surface area contributed by atoms with Gasteiger partial charge in [-0.2, -0.15) is 0 Å². The maximum atomic E-state index is 11.3. The van der Waals surface area contributed by atoms with E-state index >= 15 is 0 Å². The van der Waals surface area contributed by atoms with Crippen molar-refractivity contribution in [1.82, 2.24) is 0 Å². The lowest BCUT2D eigenvalue weighted by Crippen LogP contribution is -2.44. The van der Waals surface area contributed by atoms with Gasteiger partial charge in [0.25, 0.3) is 0 Å². The van der Waals surface area contributed by atoms with Crippen molar-refractivity contribution in [3.05, 3.63) is 60.2 Å². The monoisotopic (exact) mass is 366 g/mol. The normalized spacial score (nSPS) is 21.4. The van der Waals surface area contributed by atoms with Gasteiger partial charge < -0.3 is 15.4 Å². The highest BCUT2D eigenvalue weighted by Gasteiger charge is 2.41. The third kappa shape index (κ3) is 5.10. The Kier molecular flexibility index (Phi) is 5.85. The van der Waals surface area contributed by atoms with E-state index in [-0.39, 0.29) is 16.9 Å². The molecule has 3 rings (SSSR count). The van der Waals surface area contributed by atoms with Gasteiger partial charge in [-0.05, 0) is 56.9 Å². The van der Waals surface area contributed by atoms with Crippen molar-refractivity contribution in [2.75, 3.05) is 23.8 Å². The lowest BCUT2D eigenvalue weighted by molar-refractivity contribution is -0.114. The number of rotatable bonds is 6. The van der Waals surface area contributed by atoms with Crippen molar-refractivity contribution in [3.8, 4) is 0 Å². The van der Waals surface area contributed by atoms with Crippen LogP contribution < -0.4 is 10.6 Å². The highest BCUT2D eigenvalue weighted by atomic mass is 16.5. The SMILES string of the molecule is CC(=O)Nc1cccc(NCCC2(c3ccccc3)CCOC(C)(C)C2)c1. The van der Waals surface area contributed by atoms with Crippen LogP contribution in [0.1, 0.15) is 45.6 Å². The molecule has 1 fully saturated rings. The lowest BCUT2D eigenvalue weighted by atomic mass is 9.67. The van der Waals surface area contributed by atoms with Gasteiger partial charge in [0.1, 0.15) is 0 Å². The van der Waals surface area contributed by atoms with E-state index < -0.39 is 0 Å². The maximum Gasteiger partial charge on any atom is 0.221 e. The Balaban J connectivity index is 1.72. The number of nitrogens with one attached hydrogen (secondary N) is 2. The molecular formula is C23H30N2O2. The van der Waals surface area contributed by atoms with Gasteiger partial charge in [0, 0.05) is 36.9 Å². The van der Waals surface area contributed by atoms with Crippen LogP contribution in [0.2, 0.25) is 0 Å². The van der Waals surface area contributed by atoms with Crippen LogP contribution >= 0.6 is 0 Å². The Morgan fingerprint density at radius 2 is 1.81 bits per heavy atom. The van der Waals surface area contributed by atoms with Crippen LogP contribution in [0, 0.1) is 0 Å². The lowest BCUT2D eigenvalue weighted by Gasteiger charge is -2.45. The molecule has 0 radical (unpaired) electrons. The van der Waals surface area contributed by atoms with Crippen molar-refractivity contribution >= 4 is 17.3 Å². The molecule has 1 saturated heterocycles. The third-order valence-electron chi connectivity index (χ3n) is 5.34. The van der Waals surface area contributed by atoms with Crippen LogP contribution in [0.3, 0.4) is 0 Å². The highest BCUT2D eigenvalue weighted by molar-refractivity contribution is 5.89. The Hall–Kier alpha value is -2.33. The van der Waals surface area contributed by atoms with Gasteiger partial charge in [-0.25, -0.2) is 0 Å². The fourth-order valence-electron chi connectivity index (χ4n) is 4.23. The molecule has 2 N–H and O–H groups in total. The average molecular weight is 367 g/mol. The standard InChI is InChI=1S/C23H30N2O2/c1-18(26)25-21-11-7-10-20(16-21)24-14-12-23(19-8-5-4-6-9-19)13-15-27-22(2,3)17-23/h4-11,16,24H,12-15,17H2,1-3H3,(H,25,26). The second-order valence-electron chi connectivity index (χ2n) is 8.12. The Bertz CT molecular complexity index is 773. The Morgan fingerprint density at radius 1 is 1.07 bits per heavy atom. The summed E-state index contributed by atoms with van der Waals surface area (Å²) in [5.74, 6) is -0.0559. The van der Waals surface area contributed by atoms with Crippen molar-refractivity contribution in [2.45, 2.75) is 51.0 Å². The van der Waals surface area contributed by atoms with Gasteiger partial charge in [-0.1, -0.05) is 36.4 Å². The van der Waals surface area contributed by atoms with Crippen LogP contribution in [-0.2, 0) is 14.9 Å². The van der Waals surface area contributed by atoms with Crippen molar-refractivity contribution in [2.24, 2.45) is 0 Å². The fourth-order valence-corrected chi connectivity index (χ4v) is 4.23. The zero-order chi connectivity index (χ0) is 19.3. The number of hydrogen-bond donors (Lipinski definition) is 2. The van der Waals surface area contributed by atoms with Crippen LogP contribution in [0.5, 0.6) is 0 Å². The molecular weight excluding hydrogens is 336 g/mol. The predicted octanol–water partition coefficient (Wildman–Crippen LogP) is 4.97. The summed E-state index contributed by atoms with van der Waals surface area (Å²) in [6.07, 6.45) is 3.08. The number of benzene rings is 2. The molecule has 0 saturated carbocycles. The largest absolute Gasteiger partial charge is 0.385 e. The van der Waals surface area contributed by atoms with E-state index in [1.54, 1.807) is 0 Å². The van der Waals surface area contributed by atoms with Crippen molar-refractivity contribution < 1.29 is 9.53 Å². The molecule has 144 valence electrons. The second kappa shape index (κ2) is 8.13. The van der Waals surface area contributed by atoms with Gasteiger partial charge in [0.2, 0.25) is 5.91 Å². The Labute approximate surface area is 162 Å². The molecule has 0 aromatic heterocycles. The number of carbonyl (C=O) groups excluding carboxylic acids is 1. The zero-order valence-corrected chi connectivity index (χ0v) is 16.5. The first-order valence-electron chi connectivity index (χ1n) is 9.70. The molecule has 0 bridgehead atoms.